The van der Waals surface area contributed by atoms with E-state index in [1.807, 2.05) is 30.3 Å². The third kappa shape index (κ3) is 3.95. The Morgan fingerprint density at radius 1 is 0.971 bits per heavy atom. The van der Waals surface area contributed by atoms with Crippen LogP contribution in [0.4, 0.5) is 5.82 Å². The van der Waals surface area contributed by atoms with E-state index in [4.69, 9.17) is 0 Å². The van der Waals surface area contributed by atoms with Crippen LogP contribution in [0.1, 0.15) is 0 Å². The highest BCUT2D eigenvalue weighted by Crippen LogP contribution is 2.31. The minimum Gasteiger partial charge on any atom is -0.480 e. The lowest BCUT2D eigenvalue weighted by Crippen LogP contribution is -2.58. The molecule has 0 spiro atoms. The Morgan fingerprint density at radius 2 is 1.74 bits per heavy atom. The molecule has 1 saturated heterocycles. The Labute approximate surface area is 195 Å². The molecule has 1 N–H and O–H groups in total. The number of rotatable bonds is 5. The van der Waals surface area contributed by atoms with E-state index in [9.17, 15) is 18.3 Å². The van der Waals surface area contributed by atoms with Gasteiger partial charge in [-0.1, -0.05) is 48.5 Å². The number of aliphatic carboxylic acids is 1. The van der Waals surface area contributed by atoms with Gasteiger partial charge in [0.2, 0.25) is 10.0 Å². The number of benzene rings is 2. The van der Waals surface area contributed by atoms with E-state index in [1.165, 1.54) is 24.8 Å². The maximum Gasteiger partial charge on any atom is 0.323 e. The predicted molar refractivity (Wildman–Crippen MR) is 125 cm³/mol. The fraction of sp³-hybridized carbons (Fsp3) is 0.174. The van der Waals surface area contributed by atoms with Crippen LogP contribution in [0.25, 0.3) is 22.3 Å². The normalized spacial score (nSPS) is 17.1. The summed E-state index contributed by atoms with van der Waals surface area (Å²) < 4.78 is 28.5. The number of carbonyl (C=O) groups is 1. The highest BCUT2D eigenvalue weighted by Gasteiger charge is 2.41. The fourth-order valence-electron chi connectivity index (χ4n) is 4.05. The molecule has 2 aromatic carbocycles. The predicted octanol–water partition coefficient (Wildman–Crippen LogP) is 2.05. The van der Waals surface area contributed by atoms with Crippen molar-refractivity contribution in [2.75, 3.05) is 24.5 Å². The van der Waals surface area contributed by atoms with Crippen molar-refractivity contribution in [3.05, 3.63) is 73.3 Å². The highest BCUT2D eigenvalue weighted by molar-refractivity contribution is 7.89. The smallest absolute Gasteiger partial charge is 0.323 e. The van der Waals surface area contributed by atoms with Crippen LogP contribution >= 0.6 is 0 Å². The van der Waals surface area contributed by atoms with Gasteiger partial charge in [0.05, 0.1) is 17.3 Å². The molecule has 0 saturated carbocycles. The van der Waals surface area contributed by atoms with Crippen molar-refractivity contribution in [2.45, 2.75) is 10.9 Å². The molecule has 0 aliphatic carbocycles. The van der Waals surface area contributed by atoms with E-state index in [0.717, 1.165) is 9.87 Å². The number of hydrogen-bond donors (Lipinski definition) is 1. The number of hydrogen-bond acceptors (Lipinski definition) is 8. The van der Waals surface area contributed by atoms with Gasteiger partial charge in [0.25, 0.3) is 0 Å². The number of carboxylic acid groups (broad SMARTS) is 1. The molecule has 11 heteroatoms. The molecule has 3 heterocycles. The molecule has 34 heavy (non-hydrogen) atoms. The Morgan fingerprint density at radius 3 is 2.53 bits per heavy atom. The molecule has 1 aliphatic heterocycles. The van der Waals surface area contributed by atoms with Gasteiger partial charge < -0.3 is 10.0 Å². The lowest BCUT2D eigenvalue weighted by molar-refractivity contribution is -0.141. The van der Waals surface area contributed by atoms with Crippen molar-refractivity contribution in [3.8, 4) is 11.1 Å². The van der Waals surface area contributed by atoms with Crippen molar-refractivity contribution in [1.82, 2.24) is 24.2 Å². The largest absolute Gasteiger partial charge is 0.480 e. The van der Waals surface area contributed by atoms with Gasteiger partial charge in [0.15, 0.2) is 5.65 Å². The third-order valence-electron chi connectivity index (χ3n) is 5.71. The average molecular weight is 477 g/mol. The van der Waals surface area contributed by atoms with Gasteiger partial charge in [0, 0.05) is 25.2 Å². The Hall–Kier alpha value is -3.96. The molecule has 0 unspecified atom stereocenters. The second kappa shape index (κ2) is 8.76. The van der Waals surface area contributed by atoms with E-state index in [0.29, 0.717) is 22.5 Å². The van der Waals surface area contributed by atoms with Crippen LogP contribution in [-0.2, 0) is 14.8 Å². The van der Waals surface area contributed by atoms with Gasteiger partial charge in [-0.05, 0) is 11.6 Å². The van der Waals surface area contributed by atoms with Gasteiger partial charge >= 0.3 is 5.97 Å². The molecule has 2 aromatic heterocycles. The lowest BCUT2D eigenvalue weighted by Gasteiger charge is -2.39. The first-order chi connectivity index (χ1) is 16.4. The Bertz CT molecular complexity index is 1460. The first-order valence-corrected chi connectivity index (χ1v) is 12.0. The van der Waals surface area contributed by atoms with E-state index in [2.05, 4.69) is 19.9 Å². The van der Waals surface area contributed by atoms with Crippen LogP contribution in [0.15, 0.2) is 78.2 Å². The fourth-order valence-corrected chi connectivity index (χ4v) is 5.83. The first kappa shape index (κ1) is 21.9. The molecule has 4 aromatic rings. The Balaban J connectivity index is 1.48. The number of sulfonamides is 1. The standard InChI is InChI=1S/C23H20N6O4S/c30-23(31)19-14-28(21-13-25-18-12-24-15-26-22(18)27-21)10-11-29(19)34(32,33)20-9-5-4-8-17(20)16-6-2-1-3-7-16/h1-9,12-13,15,19H,10-11,14H2,(H,30,31)/t19-/m1/s1. The number of fused-ring (bicyclic) bond motifs is 1. The zero-order chi connectivity index (χ0) is 23.7. The number of nitrogens with zero attached hydrogens (tertiary/aromatic N) is 6. The number of aromatic nitrogens is 4. The zero-order valence-electron chi connectivity index (χ0n) is 17.9. The molecule has 1 atom stereocenters. The lowest BCUT2D eigenvalue weighted by atomic mass is 10.1. The van der Waals surface area contributed by atoms with Crippen LogP contribution in [-0.4, -0.2) is 69.4 Å². The number of anilines is 1. The summed E-state index contributed by atoms with van der Waals surface area (Å²) in [5.74, 6) is -0.805. The second-order valence-electron chi connectivity index (χ2n) is 7.74. The maximum absolute atomic E-state index is 13.7. The number of carboxylic acids is 1. The Kier molecular flexibility index (Phi) is 5.64. The second-order valence-corrected chi connectivity index (χ2v) is 9.60. The molecule has 1 aliphatic rings. The zero-order valence-corrected chi connectivity index (χ0v) is 18.7. The summed E-state index contributed by atoms with van der Waals surface area (Å²) in [7, 11) is -4.11. The molecular formula is C23H20N6O4S. The molecule has 0 amide bonds. The first-order valence-electron chi connectivity index (χ1n) is 10.5. The van der Waals surface area contributed by atoms with Crippen molar-refractivity contribution >= 4 is 33.0 Å². The summed E-state index contributed by atoms with van der Waals surface area (Å²) in [6.07, 6.45) is 4.41. The summed E-state index contributed by atoms with van der Waals surface area (Å²) in [6, 6.07) is 14.5. The molecular weight excluding hydrogens is 456 g/mol. The summed E-state index contributed by atoms with van der Waals surface area (Å²) >= 11 is 0. The number of piperazine rings is 1. The minimum atomic E-state index is -4.11. The average Bonchev–Trinajstić information content (AvgIpc) is 2.88. The molecule has 0 radical (unpaired) electrons. The van der Waals surface area contributed by atoms with Crippen LogP contribution in [0.5, 0.6) is 0 Å². The van der Waals surface area contributed by atoms with E-state index in [-0.39, 0.29) is 24.5 Å². The summed E-state index contributed by atoms with van der Waals surface area (Å²) in [6.45, 7) is 0.154. The van der Waals surface area contributed by atoms with Crippen molar-refractivity contribution in [2.24, 2.45) is 0 Å². The van der Waals surface area contributed by atoms with E-state index in [1.54, 1.807) is 23.1 Å². The summed E-state index contributed by atoms with van der Waals surface area (Å²) in [5.41, 5.74) is 2.15. The SMILES string of the molecule is O=C(O)[C@H]1CN(c2cnc3cncnc3n2)CCN1S(=O)(=O)c1ccccc1-c1ccccc1. The van der Waals surface area contributed by atoms with Crippen molar-refractivity contribution < 1.29 is 18.3 Å². The molecule has 5 rings (SSSR count). The van der Waals surface area contributed by atoms with Gasteiger partial charge in [-0.3, -0.25) is 4.79 Å². The monoisotopic (exact) mass is 476 g/mol. The topological polar surface area (TPSA) is 129 Å². The summed E-state index contributed by atoms with van der Waals surface area (Å²) in [5, 5.41) is 9.95. The highest BCUT2D eigenvalue weighted by atomic mass is 32.2. The third-order valence-corrected chi connectivity index (χ3v) is 7.68. The van der Waals surface area contributed by atoms with Gasteiger partial charge in [-0.15, -0.1) is 0 Å². The quantitative estimate of drug-likeness (QED) is 0.460. The molecule has 0 bridgehead atoms. The van der Waals surface area contributed by atoms with Gasteiger partial charge in [-0.2, -0.15) is 4.31 Å². The van der Waals surface area contributed by atoms with Crippen LogP contribution < -0.4 is 4.90 Å². The summed E-state index contributed by atoms with van der Waals surface area (Å²) in [4.78, 5) is 30.7. The molecule has 172 valence electrons. The van der Waals surface area contributed by atoms with Crippen LogP contribution in [0.2, 0.25) is 0 Å². The van der Waals surface area contributed by atoms with E-state index < -0.39 is 22.0 Å². The van der Waals surface area contributed by atoms with Crippen LogP contribution in [0, 0.1) is 0 Å². The van der Waals surface area contributed by atoms with E-state index >= 15 is 0 Å². The van der Waals surface area contributed by atoms with Gasteiger partial charge in [0.1, 0.15) is 23.7 Å². The van der Waals surface area contributed by atoms with Crippen molar-refractivity contribution in [3.63, 3.8) is 0 Å². The van der Waals surface area contributed by atoms with Crippen LogP contribution in [0.3, 0.4) is 0 Å². The van der Waals surface area contributed by atoms with Gasteiger partial charge in [-0.25, -0.2) is 28.4 Å². The molecule has 10 nitrogen and oxygen atoms in total. The molecule has 1 fully saturated rings. The minimum absolute atomic E-state index is 0.0219. The van der Waals surface area contributed by atoms with Crippen molar-refractivity contribution in [1.29, 1.82) is 0 Å². The maximum atomic E-state index is 13.7.